The van der Waals surface area contributed by atoms with E-state index >= 15 is 0 Å². The van der Waals surface area contributed by atoms with Crippen molar-refractivity contribution >= 4 is 23.3 Å². The van der Waals surface area contributed by atoms with Crippen molar-refractivity contribution < 1.29 is 14.6 Å². The zero-order chi connectivity index (χ0) is 11.7. The Morgan fingerprint density at radius 3 is 2.33 bits per heavy atom. The average Bonchev–Trinajstić information content (AvgIpc) is 2.15. The number of hydrogen-bond acceptors (Lipinski definition) is 3. The minimum absolute atomic E-state index is 0.00313. The lowest BCUT2D eigenvalue weighted by Crippen LogP contribution is -2.07. The van der Waals surface area contributed by atoms with Crippen LogP contribution < -0.4 is 10.5 Å². The Bertz CT molecular complexity index is 429. The second kappa shape index (κ2) is 3.98. The lowest BCUT2D eigenvalue weighted by atomic mass is 10.0. The molecule has 0 saturated heterocycles. The van der Waals surface area contributed by atoms with Crippen LogP contribution >= 0.6 is 11.6 Å². The third-order valence-electron chi connectivity index (χ3n) is 2.33. The van der Waals surface area contributed by atoms with E-state index in [0.717, 1.165) is 0 Å². The molecular weight excluding hydrogens is 218 g/mol. The van der Waals surface area contributed by atoms with Crippen molar-refractivity contribution in [3.05, 3.63) is 21.7 Å². The fraction of sp³-hybridized carbons (Fsp3) is 0.300. The summed E-state index contributed by atoms with van der Waals surface area (Å²) >= 11 is 5.87. The highest BCUT2D eigenvalue weighted by Gasteiger charge is 2.21. The average molecular weight is 230 g/mol. The van der Waals surface area contributed by atoms with Gasteiger partial charge in [-0.3, -0.25) is 0 Å². The summed E-state index contributed by atoms with van der Waals surface area (Å²) in [5.41, 5.74) is 7.08. The van der Waals surface area contributed by atoms with E-state index in [0.29, 0.717) is 16.9 Å². The first kappa shape index (κ1) is 11.7. The van der Waals surface area contributed by atoms with Gasteiger partial charge in [0.1, 0.15) is 5.75 Å². The summed E-state index contributed by atoms with van der Waals surface area (Å²) in [6.45, 7) is 3.37. The number of halogens is 1. The van der Waals surface area contributed by atoms with Gasteiger partial charge < -0.3 is 15.6 Å². The molecule has 3 N–H and O–H groups in total. The first-order chi connectivity index (χ1) is 6.91. The minimum Gasteiger partial charge on any atom is -0.496 e. The molecule has 1 aromatic carbocycles. The van der Waals surface area contributed by atoms with E-state index < -0.39 is 5.97 Å². The van der Waals surface area contributed by atoms with Crippen molar-refractivity contribution in [1.82, 2.24) is 0 Å². The summed E-state index contributed by atoms with van der Waals surface area (Å²) in [6, 6.07) is 0. The minimum atomic E-state index is -1.11. The Balaban J connectivity index is 3.68. The van der Waals surface area contributed by atoms with Crippen molar-refractivity contribution in [3.8, 4) is 5.75 Å². The van der Waals surface area contributed by atoms with Gasteiger partial charge in [-0.2, -0.15) is 0 Å². The molecule has 82 valence electrons. The molecule has 0 spiro atoms. The Hall–Kier alpha value is -1.42. The summed E-state index contributed by atoms with van der Waals surface area (Å²) < 4.78 is 5.10. The second-order valence-electron chi connectivity index (χ2n) is 3.19. The normalized spacial score (nSPS) is 10.1. The van der Waals surface area contributed by atoms with Crippen molar-refractivity contribution in [3.63, 3.8) is 0 Å². The molecule has 0 unspecified atom stereocenters. The van der Waals surface area contributed by atoms with E-state index in [9.17, 15) is 4.79 Å². The van der Waals surface area contributed by atoms with Crippen LogP contribution in [0.3, 0.4) is 0 Å². The molecule has 0 heterocycles. The van der Waals surface area contributed by atoms with Gasteiger partial charge in [0.05, 0.1) is 23.4 Å². The highest BCUT2D eigenvalue weighted by molar-refractivity contribution is 6.36. The summed E-state index contributed by atoms with van der Waals surface area (Å²) in [4.78, 5) is 11.0. The quantitative estimate of drug-likeness (QED) is 0.763. The molecule has 0 fully saturated rings. The molecule has 0 aliphatic carbocycles. The lowest BCUT2D eigenvalue weighted by molar-refractivity contribution is 0.0696. The highest BCUT2D eigenvalue weighted by atomic mass is 35.5. The number of nitrogen functional groups attached to an aromatic ring is 1. The Morgan fingerprint density at radius 1 is 1.40 bits per heavy atom. The maximum Gasteiger partial charge on any atom is 0.337 e. The summed E-state index contributed by atoms with van der Waals surface area (Å²) in [6.07, 6.45) is 0. The van der Waals surface area contributed by atoms with Crippen LogP contribution in [0.25, 0.3) is 0 Å². The molecule has 0 bridgehead atoms. The zero-order valence-corrected chi connectivity index (χ0v) is 9.47. The van der Waals surface area contributed by atoms with E-state index in [1.807, 2.05) is 0 Å². The Kier molecular flexibility index (Phi) is 3.09. The molecular formula is C10H12ClNO3. The van der Waals surface area contributed by atoms with Gasteiger partial charge in [0.25, 0.3) is 0 Å². The van der Waals surface area contributed by atoms with Crippen molar-refractivity contribution in [2.24, 2.45) is 0 Å². The van der Waals surface area contributed by atoms with Crippen LogP contribution in [0.15, 0.2) is 0 Å². The number of hydrogen-bond donors (Lipinski definition) is 2. The fourth-order valence-corrected chi connectivity index (χ4v) is 1.91. The van der Waals surface area contributed by atoms with Crippen LogP contribution in [0.4, 0.5) is 5.69 Å². The molecule has 0 aliphatic heterocycles. The second-order valence-corrected chi connectivity index (χ2v) is 3.57. The van der Waals surface area contributed by atoms with Gasteiger partial charge in [-0.1, -0.05) is 11.6 Å². The topological polar surface area (TPSA) is 72.5 Å². The Labute approximate surface area is 92.6 Å². The van der Waals surface area contributed by atoms with Crippen LogP contribution in [0.1, 0.15) is 21.5 Å². The lowest BCUT2D eigenvalue weighted by Gasteiger charge is -2.15. The maximum absolute atomic E-state index is 11.0. The summed E-state index contributed by atoms with van der Waals surface area (Å²) in [7, 11) is 1.47. The van der Waals surface area contributed by atoms with Gasteiger partial charge in [0.2, 0.25) is 0 Å². The molecule has 0 atom stereocenters. The Morgan fingerprint density at radius 2 is 1.93 bits per heavy atom. The van der Waals surface area contributed by atoms with Gasteiger partial charge in [-0.25, -0.2) is 4.79 Å². The number of methoxy groups -OCH3 is 1. The van der Waals surface area contributed by atoms with Gasteiger partial charge in [-0.15, -0.1) is 0 Å². The van der Waals surface area contributed by atoms with Gasteiger partial charge in [0, 0.05) is 11.1 Å². The molecule has 15 heavy (non-hydrogen) atoms. The molecule has 0 amide bonds. The number of aromatic carboxylic acids is 1. The molecule has 5 heteroatoms. The monoisotopic (exact) mass is 229 g/mol. The first-order valence-electron chi connectivity index (χ1n) is 4.27. The highest BCUT2D eigenvalue weighted by Crippen LogP contribution is 2.37. The fourth-order valence-electron chi connectivity index (χ4n) is 1.54. The largest absolute Gasteiger partial charge is 0.496 e. The van der Waals surface area contributed by atoms with Crippen LogP contribution in [0.2, 0.25) is 5.02 Å². The molecule has 1 aromatic rings. The summed E-state index contributed by atoms with van der Waals surface area (Å²) in [5.74, 6) is -0.642. The number of benzene rings is 1. The van der Waals surface area contributed by atoms with Crippen LogP contribution in [0, 0.1) is 13.8 Å². The van der Waals surface area contributed by atoms with E-state index in [2.05, 4.69) is 0 Å². The van der Waals surface area contributed by atoms with Crippen LogP contribution in [-0.2, 0) is 0 Å². The number of ether oxygens (including phenoxy) is 1. The van der Waals surface area contributed by atoms with Crippen LogP contribution in [0.5, 0.6) is 5.75 Å². The number of anilines is 1. The zero-order valence-electron chi connectivity index (χ0n) is 8.72. The molecule has 0 saturated carbocycles. The third kappa shape index (κ3) is 1.72. The van der Waals surface area contributed by atoms with Gasteiger partial charge in [0.15, 0.2) is 0 Å². The van der Waals surface area contributed by atoms with E-state index in [4.69, 9.17) is 27.2 Å². The number of carboxylic acid groups (broad SMARTS) is 1. The number of carboxylic acids is 1. The SMILES string of the molecule is COc1c(C)c(N)c(Cl)c(C(=O)O)c1C. The van der Waals surface area contributed by atoms with E-state index in [1.165, 1.54) is 7.11 Å². The van der Waals surface area contributed by atoms with Gasteiger partial charge >= 0.3 is 5.97 Å². The van der Waals surface area contributed by atoms with Crippen molar-refractivity contribution in [2.45, 2.75) is 13.8 Å². The van der Waals surface area contributed by atoms with Crippen molar-refractivity contribution in [1.29, 1.82) is 0 Å². The predicted molar refractivity (Wildman–Crippen MR) is 58.8 cm³/mol. The molecule has 0 radical (unpaired) electrons. The smallest absolute Gasteiger partial charge is 0.337 e. The first-order valence-corrected chi connectivity index (χ1v) is 4.65. The van der Waals surface area contributed by atoms with Crippen molar-refractivity contribution in [2.75, 3.05) is 12.8 Å². The van der Waals surface area contributed by atoms with Crippen LogP contribution in [-0.4, -0.2) is 18.2 Å². The number of carbonyl (C=O) groups is 1. The van der Waals surface area contributed by atoms with E-state index in [-0.39, 0.29) is 16.3 Å². The molecule has 4 nitrogen and oxygen atoms in total. The summed E-state index contributed by atoms with van der Waals surface area (Å²) in [5, 5.41) is 9.05. The van der Waals surface area contributed by atoms with Gasteiger partial charge in [-0.05, 0) is 13.8 Å². The third-order valence-corrected chi connectivity index (χ3v) is 2.73. The molecule has 0 aliphatic rings. The number of rotatable bonds is 2. The predicted octanol–water partition coefficient (Wildman–Crippen LogP) is 2.25. The molecule has 1 rings (SSSR count). The standard InChI is InChI=1S/C10H12ClNO3/c1-4-6(10(13)14)7(11)8(12)5(2)9(4)15-3/h12H2,1-3H3,(H,13,14). The number of nitrogens with two attached hydrogens (primary N) is 1. The maximum atomic E-state index is 11.0. The van der Waals surface area contributed by atoms with E-state index in [1.54, 1.807) is 13.8 Å². The molecule has 0 aromatic heterocycles.